The fraction of sp³-hybridized carbons (Fsp3) is 0.300. The van der Waals surface area contributed by atoms with Gasteiger partial charge < -0.3 is 20.4 Å². The second-order valence-corrected chi connectivity index (χ2v) is 7.87. The molecule has 2 aromatic rings. The first kappa shape index (κ1) is 20.5. The number of aromatic hydroxyl groups is 3. The highest BCUT2D eigenvalue weighted by Gasteiger charge is 2.38. The molecule has 0 saturated heterocycles. The number of alkyl halides is 2. The molecule has 0 aliphatic heterocycles. The Kier molecular flexibility index (Phi) is 5.32. The molecule has 1 aliphatic carbocycles. The third-order valence-electron chi connectivity index (χ3n) is 5.17. The van der Waals surface area contributed by atoms with Gasteiger partial charge in [-0.25, -0.2) is 0 Å². The number of rotatable bonds is 5. The molecule has 0 aromatic heterocycles. The molecule has 0 amide bonds. The van der Waals surface area contributed by atoms with Crippen molar-refractivity contribution in [3.8, 4) is 17.2 Å². The monoisotopic (exact) mass is 424 g/mol. The van der Waals surface area contributed by atoms with E-state index < -0.39 is 39.3 Å². The summed E-state index contributed by atoms with van der Waals surface area (Å²) < 4.78 is 0. The summed E-state index contributed by atoms with van der Waals surface area (Å²) in [5.74, 6) is -2.79. The lowest BCUT2D eigenvalue weighted by molar-refractivity contribution is 0.0412. The zero-order valence-electron chi connectivity index (χ0n) is 14.9. The zero-order chi connectivity index (χ0) is 20.8. The number of phenols is 3. The van der Waals surface area contributed by atoms with Crippen molar-refractivity contribution < 1.29 is 30.0 Å². The van der Waals surface area contributed by atoms with E-state index >= 15 is 0 Å². The van der Waals surface area contributed by atoms with E-state index in [1.807, 2.05) is 0 Å². The molecule has 3 rings (SSSR count). The van der Waals surface area contributed by atoms with E-state index in [9.17, 15) is 30.0 Å². The van der Waals surface area contributed by atoms with Gasteiger partial charge in [0.25, 0.3) is 0 Å². The first-order valence-electron chi connectivity index (χ1n) is 8.62. The molecule has 0 bridgehead atoms. The smallest absolute Gasteiger partial charge is 0.202 e. The van der Waals surface area contributed by atoms with Gasteiger partial charge in [-0.1, -0.05) is 19.1 Å². The number of aryl methyl sites for hydroxylation is 1. The molecule has 28 heavy (non-hydrogen) atoms. The van der Waals surface area contributed by atoms with Crippen LogP contribution in [-0.4, -0.2) is 42.4 Å². The molecular weight excluding hydrogens is 407 g/mol. The molecule has 4 N–H and O–H groups in total. The molecule has 148 valence electrons. The standard InChI is InChI=1S/C20H18Cl2O6/c1-2-20(28,19(21)22)7-6-9-8-12(24)14-15(16(9)25)18(27)13-10(17(14)26)4-3-5-11(13)23/h3-5,8,19,23-25,28H,2,6-7H2,1H3. The summed E-state index contributed by atoms with van der Waals surface area (Å²) in [6, 6.07) is 5.22. The van der Waals surface area contributed by atoms with Gasteiger partial charge in [0.1, 0.15) is 22.1 Å². The molecule has 0 spiro atoms. The van der Waals surface area contributed by atoms with Gasteiger partial charge in [-0.05, 0) is 37.0 Å². The molecule has 0 heterocycles. The van der Waals surface area contributed by atoms with E-state index in [0.717, 1.165) is 0 Å². The summed E-state index contributed by atoms with van der Waals surface area (Å²) in [5, 5.41) is 41.5. The SMILES string of the molecule is CCC(O)(CCc1cc(O)c2c(c1O)C(=O)c1c(O)cccc1C2=O)C(Cl)Cl. The van der Waals surface area contributed by atoms with Gasteiger partial charge in [0.15, 0.2) is 5.78 Å². The van der Waals surface area contributed by atoms with Crippen LogP contribution in [0.1, 0.15) is 57.2 Å². The minimum atomic E-state index is -1.42. The average Bonchev–Trinajstić information content (AvgIpc) is 2.65. The van der Waals surface area contributed by atoms with Crippen LogP contribution in [0.15, 0.2) is 24.3 Å². The van der Waals surface area contributed by atoms with Crippen LogP contribution in [0.2, 0.25) is 0 Å². The molecule has 1 atom stereocenters. The number of halogens is 2. The van der Waals surface area contributed by atoms with Crippen LogP contribution in [0.4, 0.5) is 0 Å². The van der Waals surface area contributed by atoms with Gasteiger partial charge in [-0.3, -0.25) is 9.59 Å². The predicted molar refractivity (Wildman–Crippen MR) is 104 cm³/mol. The number of benzene rings is 2. The van der Waals surface area contributed by atoms with Crippen LogP contribution >= 0.6 is 23.2 Å². The molecule has 6 nitrogen and oxygen atoms in total. The van der Waals surface area contributed by atoms with E-state index in [2.05, 4.69) is 0 Å². The van der Waals surface area contributed by atoms with E-state index in [1.165, 1.54) is 24.3 Å². The summed E-state index contributed by atoms with van der Waals surface area (Å²) in [5.41, 5.74) is -2.24. The molecule has 0 radical (unpaired) electrons. The van der Waals surface area contributed by atoms with Crippen LogP contribution in [0.5, 0.6) is 17.2 Å². The van der Waals surface area contributed by atoms with Gasteiger partial charge >= 0.3 is 0 Å². The second-order valence-electron chi connectivity index (χ2n) is 6.77. The Bertz CT molecular complexity index is 985. The number of fused-ring (bicyclic) bond motifs is 2. The Morgan fingerprint density at radius 1 is 1.00 bits per heavy atom. The van der Waals surface area contributed by atoms with Crippen molar-refractivity contribution in [1.82, 2.24) is 0 Å². The second kappa shape index (κ2) is 7.28. The quantitative estimate of drug-likeness (QED) is 0.368. The zero-order valence-corrected chi connectivity index (χ0v) is 16.4. The number of hydrogen-bond donors (Lipinski definition) is 4. The van der Waals surface area contributed by atoms with Gasteiger partial charge in [0.2, 0.25) is 5.78 Å². The Balaban J connectivity index is 2.09. The molecule has 1 unspecified atom stereocenters. The van der Waals surface area contributed by atoms with E-state index in [0.29, 0.717) is 0 Å². The Hall–Kier alpha value is -2.28. The van der Waals surface area contributed by atoms with Crippen LogP contribution in [0.3, 0.4) is 0 Å². The van der Waals surface area contributed by atoms with Crippen molar-refractivity contribution in [2.24, 2.45) is 0 Å². The highest BCUT2D eigenvalue weighted by Crippen LogP contribution is 2.43. The first-order valence-corrected chi connectivity index (χ1v) is 9.49. The summed E-state index contributed by atoms with van der Waals surface area (Å²) in [7, 11) is 0. The lowest BCUT2D eigenvalue weighted by atomic mass is 9.81. The third kappa shape index (κ3) is 3.11. The van der Waals surface area contributed by atoms with Crippen molar-refractivity contribution in [3.63, 3.8) is 0 Å². The van der Waals surface area contributed by atoms with Crippen molar-refractivity contribution in [3.05, 3.63) is 52.1 Å². The number of carbonyl (C=O) groups excluding carboxylic acids is 2. The lowest BCUT2D eigenvalue weighted by Crippen LogP contribution is -2.35. The van der Waals surface area contributed by atoms with Crippen molar-refractivity contribution in [2.45, 2.75) is 36.6 Å². The molecule has 8 heteroatoms. The van der Waals surface area contributed by atoms with Gasteiger partial charge in [0.05, 0.1) is 22.3 Å². The van der Waals surface area contributed by atoms with E-state index in [4.69, 9.17) is 23.2 Å². The summed E-state index contributed by atoms with van der Waals surface area (Å²) in [4.78, 5) is 24.6. The molecule has 2 aromatic carbocycles. The maximum atomic E-state index is 12.9. The average molecular weight is 425 g/mol. The van der Waals surface area contributed by atoms with Crippen molar-refractivity contribution in [2.75, 3.05) is 0 Å². The van der Waals surface area contributed by atoms with Gasteiger partial charge in [-0.15, -0.1) is 23.2 Å². The Labute approximate surface area is 171 Å². The molecular formula is C20H18Cl2O6. The fourth-order valence-electron chi connectivity index (χ4n) is 3.37. The maximum absolute atomic E-state index is 12.9. The van der Waals surface area contributed by atoms with Crippen LogP contribution in [-0.2, 0) is 6.42 Å². The summed E-state index contributed by atoms with van der Waals surface area (Å²) in [6.45, 7) is 1.70. The van der Waals surface area contributed by atoms with E-state index in [-0.39, 0.29) is 47.1 Å². The normalized spacial score (nSPS) is 15.3. The largest absolute Gasteiger partial charge is 0.507 e. The summed E-state index contributed by atoms with van der Waals surface area (Å²) >= 11 is 11.7. The van der Waals surface area contributed by atoms with Crippen molar-refractivity contribution >= 4 is 34.8 Å². The minimum absolute atomic E-state index is 0.0437. The van der Waals surface area contributed by atoms with Crippen molar-refractivity contribution in [1.29, 1.82) is 0 Å². The van der Waals surface area contributed by atoms with Crippen LogP contribution < -0.4 is 0 Å². The topological polar surface area (TPSA) is 115 Å². The Morgan fingerprint density at radius 2 is 1.68 bits per heavy atom. The van der Waals surface area contributed by atoms with E-state index in [1.54, 1.807) is 6.92 Å². The fourth-order valence-corrected chi connectivity index (χ4v) is 3.90. The predicted octanol–water partition coefficient (Wildman–Crippen LogP) is 3.46. The molecule has 0 fully saturated rings. The Morgan fingerprint density at radius 3 is 2.29 bits per heavy atom. The van der Waals surface area contributed by atoms with Gasteiger partial charge in [0, 0.05) is 5.56 Å². The van der Waals surface area contributed by atoms with Gasteiger partial charge in [-0.2, -0.15) is 0 Å². The highest BCUT2D eigenvalue weighted by molar-refractivity contribution is 6.45. The number of ketones is 2. The number of phenolic OH excluding ortho intramolecular Hbond substituents is 3. The highest BCUT2D eigenvalue weighted by atomic mass is 35.5. The minimum Gasteiger partial charge on any atom is -0.507 e. The first-order chi connectivity index (χ1) is 13.1. The van der Waals surface area contributed by atoms with Crippen LogP contribution in [0.25, 0.3) is 0 Å². The van der Waals surface area contributed by atoms with Crippen LogP contribution in [0, 0.1) is 0 Å². The number of carbonyl (C=O) groups is 2. The maximum Gasteiger partial charge on any atom is 0.202 e. The number of aliphatic hydroxyl groups is 1. The summed E-state index contributed by atoms with van der Waals surface area (Å²) in [6.07, 6.45) is 0.347. The third-order valence-corrected chi connectivity index (χ3v) is 5.98. The molecule has 1 aliphatic rings. The lowest BCUT2D eigenvalue weighted by Gasteiger charge is -2.28. The number of hydrogen-bond acceptors (Lipinski definition) is 6. The molecule has 0 saturated carbocycles.